The summed E-state index contributed by atoms with van der Waals surface area (Å²) >= 11 is 3.40. The zero-order chi connectivity index (χ0) is 17.7. The minimum atomic E-state index is -0.307. The third-order valence-electron chi connectivity index (χ3n) is 4.58. The predicted molar refractivity (Wildman–Crippen MR) is 98.3 cm³/mol. The van der Waals surface area contributed by atoms with Crippen molar-refractivity contribution >= 4 is 27.7 Å². The van der Waals surface area contributed by atoms with Crippen molar-refractivity contribution in [1.29, 1.82) is 0 Å². The summed E-state index contributed by atoms with van der Waals surface area (Å²) in [5.41, 5.74) is 6.94. The number of nitrogens with one attached hydrogen (secondary N) is 1. The molecule has 0 aliphatic carbocycles. The first kappa shape index (κ1) is 18.9. The summed E-state index contributed by atoms with van der Waals surface area (Å²) in [6, 6.07) is 7.48. The van der Waals surface area contributed by atoms with E-state index in [4.69, 9.17) is 5.73 Å². The van der Waals surface area contributed by atoms with Gasteiger partial charge in [0.2, 0.25) is 11.8 Å². The lowest BCUT2D eigenvalue weighted by atomic mass is 9.91. The van der Waals surface area contributed by atoms with Gasteiger partial charge in [-0.1, -0.05) is 28.1 Å². The standard InChI is InChI=1S/C18H26BrN3O2/c1-12(20)15-4-3-9-22(11-15)18(24)10-17(21-13(2)23)14-5-7-16(19)8-6-14/h5-8,12,15,17H,3-4,9-11,20H2,1-2H3,(H,21,23). The van der Waals surface area contributed by atoms with Gasteiger partial charge in [-0.15, -0.1) is 0 Å². The normalized spacial score (nSPS) is 20.3. The summed E-state index contributed by atoms with van der Waals surface area (Å²) < 4.78 is 0.968. The van der Waals surface area contributed by atoms with Crippen molar-refractivity contribution in [3.8, 4) is 0 Å². The molecule has 1 saturated heterocycles. The average Bonchev–Trinajstić information content (AvgIpc) is 2.54. The number of halogens is 1. The molecule has 3 atom stereocenters. The lowest BCUT2D eigenvalue weighted by molar-refractivity contribution is -0.134. The van der Waals surface area contributed by atoms with Crippen LogP contribution in [0.15, 0.2) is 28.7 Å². The van der Waals surface area contributed by atoms with Crippen LogP contribution in [0.3, 0.4) is 0 Å². The van der Waals surface area contributed by atoms with Gasteiger partial charge in [-0.3, -0.25) is 9.59 Å². The number of amides is 2. The van der Waals surface area contributed by atoms with Crippen molar-refractivity contribution in [2.45, 2.75) is 45.2 Å². The Morgan fingerprint density at radius 1 is 1.38 bits per heavy atom. The van der Waals surface area contributed by atoms with E-state index < -0.39 is 0 Å². The lowest BCUT2D eigenvalue weighted by Crippen LogP contribution is -2.46. The van der Waals surface area contributed by atoms with Crippen molar-refractivity contribution in [3.63, 3.8) is 0 Å². The largest absolute Gasteiger partial charge is 0.349 e. The number of benzene rings is 1. The molecule has 0 aromatic heterocycles. The van der Waals surface area contributed by atoms with Gasteiger partial charge in [-0.2, -0.15) is 0 Å². The second-order valence-electron chi connectivity index (χ2n) is 6.61. The maximum Gasteiger partial charge on any atom is 0.224 e. The summed E-state index contributed by atoms with van der Waals surface area (Å²) in [7, 11) is 0. The van der Waals surface area contributed by atoms with Crippen molar-refractivity contribution in [2.75, 3.05) is 13.1 Å². The molecule has 2 rings (SSSR count). The monoisotopic (exact) mass is 395 g/mol. The highest BCUT2D eigenvalue weighted by molar-refractivity contribution is 9.10. The minimum absolute atomic E-state index is 0.0713. The van der Waals surface area contributed by atoms with Gasteiger partial charge in [-0.05, 0) is 43.4 Å². The van der Waals surface area contributed by atoms with E-state index in [0.29, 0.717) is 12.5 Å². The number of carbonyl (C=O) groups is 2. The third kappa shape index (κ3) is 5.31. The molecule has 0 saturated carbocycles. The van der Waals surface area contributed by atoms with Crippen molar-refractivity contribution in [1.82, 2.24) is 10.2 Å². The zero-order valence-electron chi connectivity index (χ0n) is 14.3. The molecule has 1 aliphatic heterocycles. The first-order chi connectivity index (χ1) is 11.4. The highest BCUT2D eigenvalue weighted by Crippen LogP contribution is 2.24. The van der Waals surface area contributed by atoms with Crippen LogP contribution in [-0.2, 0) is 9.59 Å². The fourth-order valence-electron chi connectivity index (χ4n) is 3.16. The molecule has 1 aromatic carbocycles. The Morgan fingerprint density at radius 3 is 2.62 bits per heavy atom. The first-order valence-electron chi connectivity index (χ1n) is 8.42. The SMILES string of the molecule is CC(=O)NC(CC(=O)N1CCCC(C(C)N)C1)c1ccc(Br)cc1. The maximum atomic E-state index is 12.7. The number of hydrogen-bond donors (Lipinski definition) is 2. The fourth-order valence-corrected chi connectivity index (χ4v) is 3.43. The third-order valence-corrected chi connectivity index (χ3v) is 5.11. The van der Waals surface area contributed by atoms with Crippen molar-refractivity contribution in [2.24, 2.45) is 11.7 Å². The van der Waals surface area contributed by atoms with E-state index in [2.05, 4.69) is 21.2 Å². The molecule has 3 unspecified atom stereocenters. The van der Waals surface area contributed by atoms with Gasteiger partial charge in [0.25, 0.3) is 0 Å². The van der Waals surface area contributed by atoms with Gasteiger partial charge in [0.05, 0.1) is 12.5 Å². The van der Waals surface area contributed by atoms with Crippen molar-refractivity contribution in [3.05, 3.63) is 34.3 Å². The van der Waals surface area contributed by atoms with Crippen LogP contribution in [0.2, 0.25) is 0 Å². The molecule has 5 nitrogen and oxygen atoms in total. The van der Waals surface area contributed by atoms with Gasteiger partial charge in [0.15, 0.2) is 0 Å². The van der Waals surface area contributed by atoms with Crippen LogP contribution < -0.4 is 11.1 Å². The summed E-state index contributed by atoms with van der Waals surface area (Å²) in [6.07, 6.45) is 2.33. The molecule has 132 valence electrons. The van der Waals surface area contributed by atoms with Crippen LogP contribution in [0.25, 0.3) is 0 Å². The van der Waals surface area contributed by atoms with Crippen LogP contribution in [0, 0.1) is 5.92 Å². The highest BCUT2D eigenvalue weighted by Gasteiger charge is 2.27. The molecule has 6 heteroatoms. The number of piperidine rings is 1. The number of nitrogens with two attached hydrogens (primary N) is 1. The minimum Gasteiger partial charge on any atom is -0.349 e. The van der Waals surface area contributed by atoms with E-state index in [1.54, 1.807) is 0 Å². The molecule has 2 amide bonds. The molecule has 1 heterocycles. The molecule has 24 heavy (non-hydrogen) atoms. The number of hydrogen-bond acceptors (Lipinski definition) is 3. The van der Waals surface area contributed by atoms with Crippen LogP contribution in [0.1, 0.15) is 44.7 Å². The maximum absolute atomic E-state index is 12.7. The second-order valence-corrected chi connectivity index (χ2v) is 7.53. The van der Waals surface area contributed by atoms with Gasteiger partial charge < -0.3 is 16.0 Å². The fraction of sp³-hybridized carbons (Fsp3) is 0.556. The topological polar surface area (TPSA) is 75.4 Å². The van der Waals surface area contributed by atoms with Crippen LogP contribution in [0.5, 0.6) is 0 Å². The number of likely N-dealkylation sites (tertiary alicyclic amines) is 1. The molecule has 1 aliphatic rings. The van der Waals surface area contributed by atoms with Crippen LogP contribution in [0.4, 0.5) is 0 Å². The summed E-state index contributed by atoms with van der Waals surface area (Å²) in [5, 5.41) is 2.89. The Bertz CT molecular complexity index is 574. The van der Waals surface area contributed by atoms with Gasteiger partial charge in [0.1, 0.15) is 0 Å². The van der Waals surface area contributed by atoms with E-state index in [9.17, 15) is 9.59 Å². The second kappa shape index (κ2) is 8.62. The Labute approximate surface area is 152 Å². The first-order valence-corrected chi connectivity index (χ1v) is 9.22. The number of rotatable bonds is 5. The summed E-state index contributed by atoms with van der Waals surface area (Å²) in [4.78, 5) is 26.1. The molecular formula is C18H26BrN3O2. The van der Waals surface area contributed by atoms with E-state index >= 15 is 0 Å². The van der Waals surface area contributed by atoms with E-state index in [-0.39, 0.29) is 30.3 Å². The number of carbonyl (C=O) groups excluding carboxylic acids is 2. The van der Waals surface area contributed by atoms with Crippen molar-refractivity contribution < 1.29 is 9.59 Å². The van der Waals surface area contributed by atoms with Gasteiger partial charge >= 0.3 is 0 Å². The molecule has 1 fully saturated rings. The lowest BCUT2D eigenvalue weighted by Gasteiger charge is -2.35. The molecule has 0 bridgehead atoms. The predicted octanol–water partition coefficient (Wildman–Crippen LogP) is 2.60. The Morgan fingerprint density at radius 2 is 2.04 bits per heavy atom. The zero-order valence-corrected chi connectivity index (χ0v) is 15.9. The number of nitrogens with zero attached hydrogens (tertiary/aromatic N) is 1. The van der Waals surface area contributed by atoms with Crippen LogP contribution >= 0.6 is 15.9 Å². The van der Waals surface area contributed by atoms with Crippen LogP contribution in [-0.4, -0.2) is 35.8 Å². The summed E-state index contributed by atoms with van der Waals surface area (Å²) in [5.74, 6) is 0.291. The Kier molecular flexibility index (Phi) is 6.80. The van der Waals surface area contributed by atoms with Gasteiger partial charge in [0, 0.05) is 30.5 Å². The molecule has 0 radical (unpaired) electrons. The summed E-state index contributed by atoms with van der Waals surface area (Å²) in [6.45, 7) is 4.96. The quantitative estimate of drug-likeness (QED) is 0.804. The van der Waals surface area contributed by atoms with E-state index in [0.717, 1.165) is 29.4 Å². The average molecular weight is 396 g/mol. The van der Waals surface area contributed by atoms with E-state index in [1.807, 2.05) is 36.1 Å². The molecule has 1 aromatic rings. The molecule has 0 spiro atoms. The molecule has 3 N–H and O–H groups in total. The Balaban J connectivity index is 2.06. The Hall–Kier alpha value is -1.40. The highest BCUT2D eigenvalue weighted by atomic mass is 79.9. The van der Waals surface area contributed by atoms with Gasteiger partial charge in [-0.25, -0.2) is 0 Å². The molecular weight excluding hydrogens is 370 g/mol. The van der Waals surface area contributed by atoms with E-state index in [1.165, 1.54) is 6.92 Å². The smallest absolute Gasteiger partial charge is 0.224 e.